The van der Waals surface area contributed by atoms with Crippen LogP contribution in [0.5, 0.6) is 0 Å². The van der Waals surface area contributed by atoms with Gasteiger partial charge in [0.2, 0.25) is 0 Å². The fourth-order valence-electron chi connectivity index (χ4n) is 6.90. The third-order valence-electron chi connectivity index (χ3n) is 11.1. The van der Waals surface area contributed by atoms with Crippen molar-refractivity contribution in [3.63, 3.8) is 0 Å². The minimum atomic E-state index is -4.39. The van der Waals surface area contributed by atoms with Crippen molar-refractivity contribution >= 4 is 28.4 Å². The van der Waals surface area contributed by atoms with Crippen molar-refractivity contribution in [2.24, 2.45) is 0 Å². The van der Waals surface area contributed by atoms with Crippen molar-refractivity contribution in [1.29, 1.82) is 0 Å². The number of carbonyl (C=O) groups excluding carboxylic acids is 2. The SMILES string of the molecule is C=CCOC(=O)OC1[C@H](OP2(=O)OCc3ccccc3CO2)C(COCCCC)O[C@@H](O[Si](C)(C)C(C)(C)C)[C@H]1NC(=O)OCC1c2ccccc2-c2ccccc21. The number of phosphoric acid groups is 1. The summed E-state index contributed by atoms with van der Waals surface area (Å²) in [6.07, 6.45) is -3.96. The van der Waals surface area contributed by atoms with Crippen molar-refractivity contribution in [3.05, 3.63) is 108 Å². The first-order valence-corrected chi connectivity index (χ1v) is 24.2. The van der Waals surface area contributed by atoms with E-state index in [1.54, 1.807) is 0 Å². The monoisotopic (exact) mass is 837 g/mol. The number of phosphoric ester groups is 1. The van der Waals surface area contributed by atoms with Crippen LogP contribution in [0.1, 0.15) is 68.7 Å². The Hall–Kier alpha value is -3.85. The number of rotatable bonds is 15. The molecule has 2 aliphatic heterocycles. The van der Waals surface area contributed by atoms with Gasteiger partial charge in [-0.15, -0.1) is 0 Å². The van der Waals surface area contributed by atoms with E-state index in [1.807, 2.05) is 80.7 Å². The Morgan fingerprint density at radius 1 is 0.897 bits per heavy atom. The molecule has 1 fully saturated rings. The van der Waals surface area contributed by atoms with Gasteiger partial charge in [-0.2, -0.15) is 0 Å². The average Bonchev–Trinajstić information content (AvgIpc) is 3.41. The van der Waals surface area contributed by atoms with Gasteiger partial charge < -0.3 is 33.4 Å². The first-order chi connectivity index (χ1) is 27.7. The topological polar surface area (TPSA) is 146 Å². The minimum Gasteiger partial charge on any atom is -0.449 e. The van der Waals surface area contributed by atoms with Crippen molar-refractivity contribution in [3.8, 4) is 11.1 Å². The molecule has 13 nitrogen and oxygen atoms in total. The Kier molecular flexibility index (Phi) is 14.3. The molecule has 0 bridgehead atoms. The number of carbonyl (C=O) groups is 2. The van der Waals surface area contributed by atoms with Gasteiger partial charge >= 0.3 is 20.1 Å². The molecule has 15 heteroatoms. The predicted molar refractivity (Wildman–Crippen MR) is 220 cm³/mol. The van der Waals surface area contributed by atoms with Crippen molar-refractivity contribution in [2.75, 3.05) is 26.4 Å². The molecule has 3 aliphatic rings. The number of nitrogens with one attached hydrogen (secondary N) is 1. The maximum atomic E-state index is 14.5. The van der Waals surface area contributed by atoms with E-state index >= 15 is 0 Å². The average molecular weight is 838 g/mol. The molecule has 2 heterocycles. The highest BCUT2D eigenvalue weighted by atomic mass is 31.2. The molecule has 3 aromatic carbocycles. The molecule has 1 N–H and O–H groups in total. The zero-order valence-electron chi connectivity index (χ0n) is 34.2. The van der Waals surface area contributed by atoms with E-state index in [1.165, 1.54) is 6.08 Å². The summed E-state index contributed by atoms with van der Waals surface area (Å²) in [5.74, 6) is -0.222. The highest BCUT2D eigenvalue weighted by Crippen LogP contribution is 2.55. The van der Waals surface area contributed by atoms with Crippen LogP contribution in [0.2, 0.25) is 18.1 Å². The number of ether oxygens (including phenoxy) is 5. The van der Waals surface area contributed by atoms with Gasteiger partial charge in [0.25, 0.3) is 0 Å². The molecule has 0 aromatic heterocycles. The van der Waals surface area contributed by atoms with Crippen LogP contribution < -0.4 is 5.32 Å². The van der Waals surface area contributed by atoms with Crippen LogP contribution in [-0.4, -0.2) is 77.6 Å². The van der Waals surface area contributed by atoms with Crippen LogP contribution in [0, 0.1) is 0 Å². The molecule has 1 aliphatic carbocycles. The zero-order valence-corrected chi connectivity index (χ0v) is 36.1. The predicted octanol–water partition coefficient (Wildman–Crippen LogP) is 9.41. The van der Waals surface area contributed by atoms with Crippen LogP contribution in [0.3, 0.4) is 0 Å². The maximum Gasteiger partial charge on any atom is 0.509 e. The van der Waals surface area contributed by atoms with Gasteiger partial charge in [-0.1, -0.05) is 120 Å². The summed E-state index contributed by atoms with van der Waals surface area (Å²) >= 11 is 0. The van der Waals surface area contributed by atoms with Gasteiger partial charge in [-0.3, -0.25) is 13.6 Å². The van der Waals surface area contributed by atoms with Gasteiger partial charge in [0.1, 0.15) is 31.5 Å². The number of hydrogen-bond acceptors (Lipinski definition) is 12. The number of alkyl carbamates (subject to hydrolysis) is 1. The van der Waals surface area contributed by atoms with Crippen molar-refractivity contribution < 1.29 is 55.8 Å². The molecule has 1 amide bonds. The Balaban J connectivity index is 1.34. The number of benzene rings is 3. The zero-order chi connectivity index (χ0) is 41.5. The molecule has 0 saturated carbocycles. The molecule has 3 aromatic rings. The van der Waals surface area contributed by atoms with Gasteiger partial charge in [-0.05, 0) is 57.9 Å². The number of amides is 1. The fraction of sp³-hybridized carbons (Fsp3) is 0.488. The Bertz CT molecular complexity index is 1880. The molecule has 0 spiro atoms. The molecule has 58 heavy (non-hydrogen) atoms. The van der Waals surface area contributed by atoms with Crippen LogP contribution in [-0.2, 0) is 59.5 Å². The molecular formula is C43H56NO12PSi. The molecular weight excluding hydrogens is 782 g/mol. The lowest BCUT2D eigenvalue weighted by atomic mass is 9.97. The van der Waals surface area contributed by atoms with Gasteiger partial charge in [0, 0.05) is 12.5 Å². The van der Waals surface area contributed by atoms with Crippen molar-refractivity contribution in [2.45, 2.75) is 108 Å². The quantitative estimate of drug-likeness (QED) is 0.0512. The Labute approximate surface area is 342 Å². The minimum absolute atomic E-state index is 0.0133. The second kappa shape index (κ2) is 19.0. The molecule has 314 valence electrons. The van der Waals surface area contributed by atoms with Gasteiger partial charge in [0.15, 0.2) is 20.7 Å². The lowest BCUT2D eigenvalue weighted by Crippen LogP contribution is -2.68. The van der Waals surface area contributed by atoms with E-state index in [4.69, 9.17) is 41.7 Å². The van der Waals surface area contributed by atoms with Crippen LogP contribution >= 0.6 is 7.82 Å². The summed E-state index contributed by atoms with van der Waals surface area (Å²) in [6.45, 7) is 16.0. The first kappa shape index (κ1) is 43.7. The van der Waals surface area contributed by atoms with E-state index in [0.717, 1.165) is 46.2 Å². The highest BCUT2D eigenvalue weighted by Gasteiger charge is 2.55. The normalized spacial score (nSPS) is 22.8. The standard InChI is InChI=1S/C43H56NO12PSi/c1-8-10-24-48-28-36-38(55-57(47)51-25-29-17-11-12-18-30(29)26-52-57)39(54-42(46)49-23-9-2)37(40(53-36)56-58(6,7)43(3,4)5)44-41(45)50-27-35-33-21-15-13-19-31(33)32-20-14-16-22-34(32)35/h9,11-22,35-40H,2,8,10,23-28H2,1,3-7H3,(H,44,45)/t36?,37-,38+,39?,40-/m0/s1. The number of fused-ring (bicyclic) bond motifs is 4. The number of hydrogen-bond donors (Lipinski definition) is 1. The van der Waals surface area contributed by atoms with Crippen LogP contribution in [0.4, 0.5) is 9.59 Å². The Morgan fingerprint density at radius 3 is 2.09 bits per heavy atom. The summed E-state index contributed by atoms with van der Waals surface area (Å²) in [7, 11) is -7.07. The van der Waals surface area contributed by atoms with Crippen LogP contribution in [0.15, 0.2) is 85.5 Å². The Morgan fingerprint density at radius 2 is 1.50 bits per heavy atom. The second-order valence-electron chi connectivity index (χ2n) is 16.1. The van der Waals surface area contributed by atoms with E-state index in [2.05, 4.69) is 44.8 Å². The molecule has 1 saturated heterocycles. The largest absolute Gasteiger partial charge is 0.509 e. The van der Waals surface area contributed by atoms with Crippen LogP contribution in [0.25, 0.3) is 11.1 Å². The third-order valence-corrected chi connectivity index (χ3v) is 16.9. The molecule has 6 rings (SSSR count). The lowest BCUT2D eigenvalue weighted by molar-refractivity contribution is -0.249. The van der Waals surface area contributed by atoms with E-state index in [0.29, 0.717) is 6.61 Å². The maximum absolute atomic E-state index is 14.5. The lowest BCUT2D eigenvalue weighted by Gasteiger charge is -2.49. The first-order valence-electron chi connectivity index (χ1n) is 19.8. The summed E-state index contributed by atoms with van der Waals surface area (Å²) in [5, 5.41) is 2.60. The highest BCUT2D eigenvalue weighted by molar-refractivity contribution is 7.48. The molecule has 0 radical (unpaired) electrons. The molecule has 5 atom stereocenters. The molecule has 2 unspecified atom stereocenters. The van der Waals surface area contributed by atoms with Gasteiger partial charge in [-0.25, -0.2) is 14.2 Å². The van der Waals surface area contributed by atoms with Gasteiger partial charge in [0.05, 0.1) is 19.8 Å². The number of unbranched alkanes of at least 4 members (excludes halogenated alkanes) is 1. The second-order valence-corrected chi connectivity index (χ2v) is 22.5. The van der Waals surface area contributed by atoms with E-state index < -0.39 is 59.0 Å². The van der Waals surface area contributed by atoms with E-state index in [9.17, 15) is 14.2 Å². The third kappa shape index (κ3) is 10.3. The summed E-state index contributed by atoms with van der Waals surface area (Å²) < 4.78 is 69.3. The smallest absolute Gasteiger partial charge is 0.449 e. The fourth-order valence-corrected chi connectivity index (χ4v) is 9.38. The summed E-state index contributed by atoms with van der Waals surface area (Å²) in [5.41, 5.74) is 5.79. The summed E-state index contributed by atoms with van der Waals surface area (Å²) in [4.78, 5) is 27.5. The van der Waals surface area contributed by atoms with E-state index in [-0.39, 0.29) is 44.0 Å². The summed E-state index contributed by atoms with van der Waals surface area (Å²) in [6, 6.07) is 22.2. The van der Waals surface area contributed by atoms with Crippen molar-refractivity contribution in [1.82, 2.24) is 5.32 Å².